The normalized spacial score (nSPS) is 10.2. The number of nitrogen functional groups attached to an aromatic ring is 1. The van der Waals surface area contributed by atoms with Gasteiger partial charge in [-0.15, -0.1) is 10.2 Å². The number of carbonyl (C=O) groups excluding carboxylic acids is 1. The molecule has 0 saturated carbocycles. The second kappa shape index (κ2) is 5.56. The van der Waals surface area contributed by atoms with Crippen molar-refractivity contribution in [3.8, 4) is 11.6 Å². The highest BCUT2D eigenvalue weighted by molar-refractivity contribution is 5.91. The summed E-state index contributed by atoms with van der Waals surface area (Å²) in [5, 5.41) is 7.72. The predicted octanol–water partition coefficient (Wildman–Crippen LogP) is 1.86. The van der Waals surface area contributed by atoms with E-state index in [4.69, 9.17) is 10.5 Å². The fraction of sp³-hybridized carbons (Fsp3) is 0.214. The third kappa shape index (κ3) is 3.03. The third-order valence-electron chi connectivity index (χ3n) is 2.73. The SMILES string of the molecule is Cc1cc(Oc2ccc(C(=O)N(C)C)nn2)ccc1N. The van der Waals surface area contributed by atoms with E-state index < -0.39 is 0 Å². The van der Waals surface area contributed by atoms with Crippen LogP contribution in [0.2, 0.25) is 0 Å². The number of benzene rings is 1. The third-order valence-corrected chi connectivity index (χ3v) is 2.73. The highest BCUT2D eigenvalue weighted by Crippen LogP contribution is 2.23. The number of amides is 1. The second-order valence-electron chi connectivity index (χ2n) is 4.58. The van der Waals surface area contributed by atoms with E-state index in [1.54, 1.807) is 38.4 Å². The number of aryl methyl sites for hydroxylation is 1. The molecule has 2 rings (SSSR count). The van der Waals surface area contributed by atoms with Crippen LogP contribution in [-0.2, 0) is 0 Å². The van der Waals surface area contributed by atoms with E-state index in [2.05, 4.69) is 10.2 Å². The molecule has 0 bridgehead atoms. The number of nitrogens with zero attached hydrogens (tertiary/aromatic N) is 3. The summed E-state index contributed by atoms with van der Waals surface area (Å²) in [5.41, 5.74) is 7.64. The Balaban J connectivity index is 2.14. The number of anilines is 1. The molecule has 0 atom stereocenters. The molecule has 1 heterocycles. The molecule has 0 aliphatic heterocycles. The zero-order valence-corrected chi connectivity index (χ0v) is 11.6. The summed E-state index contributed by atoms with van der Waals surface area (Å²) in [5.74, 6) is 0.745. The summed E-state index contributed by atoms with van der Waals surface area (Å²) in [6.07, 6.45) is 0. The van der Waals surface area contributed by atoms with Gasteiger partial charge in [0.2, 0.25) is 5.88 Å². The molecule has 0 aliphatic carbocycles. The first-order valence-electron chi connectivity index (χ1n) is 6.07. The molecule has 1 amide bonds. The summed E-state index contributed by atoms with van der Waals surface area (Å²) < 4.78 is 5.56. The summed E-state index contributed by atoms with van der Waals surface area (Å²) in [7, 11) is 3.32. The van der Waals surface area contributed by atoms with Gasteiger partial charge in [-0.05, 0) is 36.8 Å². The first-order chi connectivity index (χ1) is 9.47. The highest BCUT2D eigenvalue weighted by Gasteiger charge is 2.10. The first kappa shape index (κ1) is 13.8. The van der Waals surface area contributed by atoms with Crippen molar-refractivity contribution < 1.29 is 9.53 Å². The molecule has 0 unspecified atom stereocenters. The predicted molar refractivity (Wildman–Crippen MR) is 75.7 cm³/mol. The monoisotopic (exact) mass is 272 g/mol. The van der Waals surface area contributed by atoms with Crippen LogP contribution in [0.5, 0.6) is 11.6 Å². The maximum absolute atomic E-state index is 11.7. The van der Waals surface area contributed by atoms with E-state index in [0.717, 1.165) is 5.56 Å². The molecule has 1 aromatic heterocycles. The number of rotatable bonds is 3. The minimum absolute atomic E-state index is 0.202. The summed E-state index contributed by atoms with van der Waals surface area (Å²) in [6.45, 7) is 1.90. The van der Waals surface area contributed by atoms with Crippen LogP contribution in [-0.4, -0.2) is 35.1 Å². The maximum atomic E-state index is 11.7. The number of hydrogen-bond donors (Lipinski definition) is 1. The zero-order valence-electron chi connectivity index (χ0n) is 11.6. The van der Waals surface area contributed by atoms with Crippen LogP contribution in [0.4, 0.5) is 5.69 Å². The van der Waals surface area contributed by atoms with Gasteiger partial charge < -0.3 is 15.4 Å². The topological polar surface area (TPSA) is 81.3 Å². The summed E-state index contributed by atoms with van der Waals surface area (Å²) >= 11 is 0. The van der Waals surface area contributed by atoms with E-state index in [9.17, 15) is 4.79 Å². The van der Waals surface area contributed by atoms with Crippen LogP contribution < -0.4 is 10.5 Å². The Labute approximate surface area is 117 Å². The second-order valence-corrected chi connectivity index (χ2v) is 4.58. The van der Waals surface area contributed by atoms with Crippen LogP contribution >= 0.6 is 0 Å². The van der Waals surface area contributed by atoms with Crippen LogP contribution in [0.25, 0.3) is 0 Å². The summed E-state index contributed by atoms with van der Waals surface area (Å²) in [4.78, 5) is 13.1. The number of ether oxygens (including phenoxy) is 1. The smallest absolute Gasteiger partial charge is 0.273 e. The Morgan fingerprint density at radius 2 is 1.95 bits per heavy atom. The summed E-state index contributed by atoms with van der Waals surface area (Å²) in [6, 6.07) is 8.52. The van der Waals surface area contributed by atoms with Crippen molar-refractivity contribution in [1.82, 2.24) is 15.1 Å². The van der Waals surface area contributed by atoms with Gasteiger partial charge in [-0.25, -0.2) is 0 Å². The first-order valence-corrected chi connectivity index (χ1v) is 6.07. The molecule has 6 heteroatoms. The molecule has 0 fully saturated rings. The largest absolute Gasteiger partial charge is 0.438 e. The average molecular weight is 272 g/mol. The lowest BCUT2D eigenvalue weighted by Gasteiger charge is -2.09. The van der Waals surface area contributed by atoms with Gasteiger partial charge in [0.15, 0.2) is 5.69 Å². The van der Waals surface area contributed by atoms with Crippen LogP contribution in [0.15, 0.2) is 30.3 Å². The van der Waals surface area contributed by atoms with Crippen molar-refractivity contribution in [1.29, 1.82) is 0 Å². The molecule has 20 heavy (non-hydrogen) atoms. The maximum Gasteiger partial charge on any atom is 0.273 e. The molecule has 0 radical (unpaired) electrons. The molecule has 0 saturated heterocycles. The van der Waals surface area contributed by atoms with Crippen LogP contribution in [0.1, 0.15) is 16.1 Å². The lowest BCUT2D eigenvalue weighted by Crippen LogP contribution is -2.23. The van der Waals surface area contributed by atoms with E-state index >= 15 is 0 Å². The molecule has 6 nitrogen and oxygen atoms in total. The Morgan fingerprint density at radius 3 is 2.50 bits per heavy atom. The molecular weight excluding hydrogens is 256 g/mol. The quantitative estimate of drug-likeness (QED) is 0.862. The number of hydrogen-bond acceptors (Lipinski definition) is 5. The van der Waals surface area contributed by atoms with Gasteiger partial charge >= 0.3 is 0 Å². The number of aromatic nitrogens is 2. The van der Waals surface area contributed by atoms with Crippen molar-refractivity contribution >= 4 is 11.6 Å². The molecule has 1 aromatic carbocycles. The van der Waals surface area contributed by atoms with Gasteiger partial charge in [0.05, 0.1) is 0 Å². The minimum atomic E-state index is -0.202. The Hall–Kier alpha value is -2.63. The Kier molecular flexibility index (Phi) is 3.84. The van der Waals surface area contributed by atoms with Gasteiger partial charge in [0.1, 0.15) is 5.75 Å². The van der Waals surface area contributed by atoms with Crippen LogP contribution in [0.3, 0.4) is 0 Å². The van der Waals surface area contributed by atoms with Gasteiger partial charge in [-0.2, -0.15) is 0 Å². The Morgan fingerprint density at radius 1 is 1.20 bits per heavy atom. The number of carbonyl (C=O) groups is 1. The van der Waals surface area contributed by atoms with Crippen molar-refractivity contribution in [2.24, 2.45) is 0 Å². The highest BCUT2D eigenvalue weighted by atomic mass is 16.5. The molecule has 0 aliphatic rings. The Bertz CT molecular complexity index is 624. The van der Waals surface area contributed by atoms with Crippen molar-refractivity contribution in [3.63, 3.8) is 0 Å². The van der Waals surface area contributed by atoms with Crippen molar-refractivity contribution in [2.45, 2.75) is 6.92 Å². The lowest BCUT2D eigenvalue weighted by molar-refractivity contribution is 0.0820. The average Bonchev–Trinajstić information content (AvgIpc) is 2.43. The molecule has 104 valence electrons. The van der Waals surface area contributed by atoms with Crippen molar-refractivity contribution in [2.75, 3.05) is 19.8 Å². The standard InChI is InChI=1S/C14H16N4O2/c1-9-8-10(4-5-11(9)15)20-13-7-6-12(16-17-13)14(19)18(2)3/h4-8H,15H2,1-3H3. The van der Waals surface area contributed by atoms with Gasteiger partial charge in [0.25, 0.3) is 5.91 Å². The lowest BCUT2D eigenvalue weighted by atomic mass is 10.2. The zero-order chi connectivity index (χ0) is 14.7. The van der Waals surface area contributed by atoms with E-state index in [1.807, 2.05) is 13.0 Å². The fourth-order valence-electron chi connectivity index (χ4n) is 1.55. The van der Waals surface area contributed by atoms with E-state index in [1.165, 1.54) is 4.90 Å². The van der Waals surface area contributed by atoms with E-state index in [0.29, 0.717) is 17.3 Å². The minimum Gasteiger partial charge on any atom is -0.438 e. The van der Waals surface area contributed by atoms with E-state index in [-0.39, 0.29) is 11.6 Å². The molecule has 2 N–H and O–H groups in total. The molecular formula is C14H16N4O2. The van der Waals surface area contributed by atoms with Gasteiger partial charge in [0, 0.05) is 25.8 Å². The van der Waals surface area contributed by atoms with Gasteiger partial charge in [-0.3, -0.25) is 4.79 Å². The van der Waals surface area contributed by atoms with Gasteiger partial charge in [-0.1, -0.05) is 0 Å². The molecule has 0 spiro atoms. The molecule has 2 aromatic rings. The number of nitrogens with two attached hydrogens (primary N) is 1. The fourth-order valence-corrected chi connectivity index (χ4v) is 1.55. The van der Waals surface area contributed by atoms with Crippen molar-refractivity contribution in [3.05, 3.63) is 41.6 Å². The van der Waals surface area contributed by atoms with Crippen LogP contribution in [0, 0.1) is 6.92 Å².